The lowest BCUT2D eigenvalue weighted by Crippen LogP contribution is -2.19. The minimum atomic E-state index is 0.266. The van der Waals surface area contributed by atoms with Crippen molar-refractivity contribution in [3.8, 4) is 23.0 Å². The molecule has 0 aliphatic carbocycles. The normalized spacial score (nSPS) is 16.4. The predicted octanol–water partition coefficient (Wildman–Crippen LogP) is 3.43. The Hall–Kier alpha value is -2.36. The number of hydrogen-bond donors (Lipinski definition) is 0. The van der Waals surface area contributed by atoms with Crippen LogP contribution in [-0.4, -0.2) is 27.9 Å². The number of benzene rings is 2. The van der Waals surface area contributed by atoms with Crippen molar-refractivity contribution in [2.45, 2.75) is 12.3 Å². The zero-order chi connectivity index (χ0) is 15.5. The van der Waals surface area contributed by atoms with E-state index in [9.17, 15) is 0 Å². The highest BCUT2D eigenvalue weighted by Crippen LogP contribution is 2.38. The second-order valence-corrected chi connectivity index (χ2v) is 5.29. The van der Waals surface area contributed by atoms with Crippen LogP contribution in [0.4, 0.5) is 0 Å². The van der Waals surface area contributed by atoms with Crippen LogP contribution in [0.5, 0.6) is 23.0 Å². The molecule has 0 saturated heterocycles. The summed E-state index contributed by atoms with van der Waals surface area (Å²) in [6, 6.07) is 11.9. The van der Waals surface area contributed by atoms with Crippen LogP contribution >= 0.6 is 0 Å². The lowest BCUT2D eigenvalue weighted by atomic mass is 9.89. The first-order valence-corrected chi connectivity index (χ1v) is 7.26. The van der Waals surface area contributed by atoms with E-state index >= 15 is 0 Å². The Kier molecular flexibility index (Phi) is 4.09. The lowest BCUT2D eigenvalue weighted by molar-refractivity contribution is 0.257. The molecule has 0 fully saturated rings. The van der Waals surface area contributed by atoms with Gasteiger partial charge in [-0.2, -0.15) is 0 Å². The molecule has 116 valence electrons. The van der Waals surface area contributed by atoms with Gasteiger partial charge in [0.1, 0.15) is 23.0 Å². The van der Waals surface area contributed by atoms with Crippen molar-refractivity contribution in [3.05, 3.63) is 47.5 Å². The molecule has 1 heterocycles. The smallest absolute Gasteiger partial charge is 0.126 e. The molecule has 3 rings (SSSR count). The molecule has 1 aliphatic heterocycles. The summed E-state index contributed by atoms with van der Waals surface area (Å²) in [5.74, 6) is 3.62. The van der Waals surface area contributed by atoms with E-state index in [2.05, 4.69) is 12.1 Å². The summed E-state index contributed by atoms with van der Waals surface area (Å²) in [4.78, 5) is 0. The van der Waals surface area contributed by atoms with Crippen LogP contribution in [0.1, 0.15) is 17.0 Å². The van der Waals surface area contributed by atoms with Gasteiger partial charge in [-0.15, -0.1) is 0 Å². The molecule has 1 aliphatic rings. The van der Waals surface area contributed by atoms with E-state index in [0.29, 0.717) is 6.61 Å². The van der Waals surface area contributed by atoms with Gasteiger partial charge in [-0.3, -0.25) is 0 Å². The topological polar surface area (TPSA) is 36.9 Å². The van der Waals surface area contributed by atoms with Crippen LogP contribution in [0.15, 0.2) is 36.4 Å². The Morgan fingerprint density at radius 3 is 2.36 bits per heavy atom. The number of hydrogen-bond acceptors (Lipinski definition) is 4. The Bertz CT molecular complexity index is 666. The van der Waals surface area contributed by atoms with Crippen molar-refractivity contribution in [3.63, 3.8) is 0 Å². The van der Waals surface area contributed by atoms with Gasteiger partial charge in [0.25, 0.3) is 0 Å². The standard InChI is InChI=1S/C18H20O4/c1-19-14-5-4-12-8-13(11-22-17(12)9-14)16-7-6-15(20-2)10-18(16)21-3/h4-7,9-10,13H,8,11H2,1-3H3/t13-/m1/s1. The number of methoxy groups -OCH3 is 3. The Morgan fingerprint density at radius 1 is 0.909 bits per heavy atom. The first kappa shape index (κ1) is 14.6. The number of ether oxygens (including phenoxy) is 4. The Labute approximate surface area is 130 Å². The molecule has 0 radical (unpaired) electrons. The van der Waals surface area contributed by atoms with Crippen molar-refractivity contribution >= 4 is 0 Å². The van der Waals surface area contributed by atoms with E-state index in [1.807, 2.05) is 24.3 Å². The van der Waals surface area contributed by atoms with Crippen LogP contribution < -0.4 is 18.9 Å². The fourth-order valence-electron chi connectivity index (χ4n) is 2.84. The largest absolute Gasteiger partial charge is 0.497 e. The SMILES string of the molecule is COc1ccc2c(c1)OC[C@H](c1ccc(OC)cc1OC)C2. The molecule has 0 aromatic heterocycles. The molecule has 0 saturated carbocycles. The van der Waals surface area contributed by atoms with Crippen molar-refractivity contribution in [2.24, 2.45) is 0 Å². The molecule has 0 amide bonds. The average Bonchev–Trinajstić information content (AvgIpc) is 2.60. The molecule has 1 atom stereocenters. The van der Waals surface area contributed by atoms with E-state index < -0.39 is 0 Å². The molecular formula is C18H20O4. The summed E-state index contributed by atoms with van der Waals surface area (Å²) in [6.45, 7) is 0.628. The molecule has 0 unspecified atom stereocenters. The average molecular weight is 300 g/mol. The van der Waals surface area contributed by atoms with Crippen molar-refractivity contribution < 1.29 is 18.9 Å². The number of rotatable bonds is 4. The fourth-order valence-corrected chi connectivity index (χ4v) is 2.84. The minimum Gasteiger partial charge on any atom is -0.497 e. The van der Waals surface area contributed by atoms with Gasteiger partial charge in [0.2, 0.25) is 0 Å². The molecule has 22 heavy (non-hydrogen) atoms. The van der Waals surface area contributed by atoms with Crippen molar-refractivity contribution in [2.75, 3.05) is 27.9 Å². The van der Waals surface area contributed by atoms with Gasteiger partial charge in [-0.1, -0.05) is 12.1 Å². The van der Waals surface area contributed by atoms with E-state index in [-0.39, 0.29) is 5.92 Å². The molecule has 0 spiro atoms. The molecule has 0 bridgehead atoms. The summed E-state index contributed by atoms with van der Waals surface area (Å²) < 4.78 is 21.9. The lowest BCUT2D eigenvalue weighted by Gasteiger charge is -2.27. The molecule has 0 N–H and O–H groups in total. The number of fused-ring (bicyclic) bond motifs is 1. The summed E-state index contributed by atoms with van der Waals surface area (Å²) in [5, 5.41) is 0. The van der Waals surface area contributed by atoms with Gasteiger partial charge in [0.05, 0.1) is 27.9 Å². The highest BCUT2D eigenvalue weighted by Gasteiger charge is 2.24. The van der Waals surface area contributed by atoms with Gasteiger partial charge in [-0.25, -0.2) is 0 Å². The highest BCUT2D eigenvalue weighted by atomic mass is 16.5. The molecule has 4 nitrogen and oxygen atoms in total. The van der Waals surface area contributed by atoms with E-state index in [1.54, 1.807) is 21.3 Å². The van der Waals surface area contributed by atoms with E-state index in [0.717, 1.165) is 35.0 Å². The van der Waals surface area contributed by atoms with Gasteiger partial charge in [-0.05, 0) is 24.1 Å². The predicted molar refractivity (Wildman–Crippen MR) is 84.5 cm³/mol. The third-order valence-electron chi connectivity index (χ3n) is 4.06. The second kappa shape index (κ2) is 6.18. The van der Waals surface area contributed by atoms with Crippen LogP contribution in [-0.2, 0) is 6.42 Å². The second-order valence-electron chi connectivity index (χ2n) is 5.29. The summed E-state index contributed by atoms with van der Waals surface area (Å²) in [6.07, 6.45) is 0.919. The van der Waals surface area contributed by atoms with Crippen LogP contribution in [0, 0.1) is 0 Å². The maximum Gasteiger partial charge on any atom is 0.126 e. The van der Waals surface area contributed by atoms with E-state index in [4.69, 9.17) is 18.9 Å². The Balaban J connectivity index is 1.88. The summed E-state index contributed by atoms with van der Waals surface area (Å²) >= 11 is 0. The van der Waals surface area contributed by atoms with Crippen molar-refractivity contribution in [1.82, 2.24) is 0 Å². The maximum absolute atomic E-state index is 5.92. The first-order chi connectivity index (χ1) is 10.7. The maximum atomic E-state index is 5.92. The summed E-state index contributed by atoms with van der Waals surface area (Å²) in [5.41, 5.74) is 2.33. The quantitative estimate of drug-likeness (QED) is 0.867. The fraction of sp³-hybridized carbons (Fsp3) is 0.333. The summed E-state index contributed by atoms with van der Waals surface area (Å²) in [7, 11) is 5.00. The van der Waals surface area contributed by atoms with Crippen LogP contribution in [0.3, 0.4) is 0 Å². The monoisotopic (exact) mass is 300 g/mol. The molecule has 4 heteroatoms. The first-order valence-electron chi connectivity index (χ1n) is 7.26. The zero-order valence-electron chi connectivity index (χ0n) is 13.1. The highest BCUT2D eigenvalue weighted by molar-refractivity contribution is 5.47. The third-order valence-corrected chi connectivity index (χ3v) is 4.06. The minimum absolute atomic E-state index is 0.266. The van der Waals surface area contributed by atoms with Crippen LogP contribution in [0.2, 0.25) is 0 Å². The Morgan fingerprint density at radius 2 is 1.64 bits per heavy atom. The van der Waals surface area contributed by atoms with E-state index in [1.165, 1.54) is 5.56 Å². The molecule has 2 aromatic rings. The van der Waals surface area contributed by atoms with Gasteiger partial charge in [0, 0.05) is 23.6 Å². The van der Waals surface area contributed by atoms with Gasteiger partial charge >= 0.3 is 0 Å². The zero-order valence-corrected chi connectivity index (χ0v) is 13.1. The molecule has 2 aromatic carbocycles. The van der Waals surface area contributed by atoms with Crippen molar-refractivity contribution in [1.29, 1.82) is 0 Å². The van der Waals surface area contributed by atoms with Gasteiger partial charge in [0.15, 0.2) is 0 Å². The third kappa shape index (κ3) is 2.69. The molecular weight excluding hydrogens is 280 g/mol. The van der Waals surface area contributed by atoms with Gasteiger partial charge < -0.3 is 18.9 Å². The van der Waals surface area contributed by atoms with Crippen LogP contribution in [0.25, 0.3) is 0 Å².